The number of aromatic nitrogens is 1. The van der Waals surface area contributed by atoms with Gasteiger partial charge in [-0.05, 0) is 27.7 Å². The highest BCUT2D eigenvalue weighted by molar-refractivity contribution is 7.14. The Morgan fingerprint density at radius 1 is 1.00 bits per heavy atom. The van der Waals surface area contributed by atoms with Crippen LogP contribution in [0, 0.1) is 0 Å². The van der Waals surface area contributed by atoms with Crippen molar-refractivity contribution in [1.29, 1.82) is 0 Å². The summed E-state index contributed by atoms with van der Waals surface area (Å²) in [5.41, 5.74) is 0.386. The van der Waals surface area contributed by atoms with Crippen molar-refractivity contribution >= 4 is 28.3 Å². The zero-order valence-electron chi connectivity index (χ0n) is 19.6. The zero-order chi connectivity index (χ0) is 23.8. The van der Waals surface area contributed by atoms with Crippen molar-refractivity contribution in [3.63, 3.8) is 0 Å². The molecular weight excluding hydrogens is 434 g/mol. The maximum atomic E-state index is 12.8. The molecule has 0 fully saturated rings. The summed E-state index contributed by atoms with van der Waals surface area (Å²) >= 11 is 1.13. The number of anilines is 1. The van der Waals surface area contributed by atoms with Crippen molar-refractivity contribution in [3.8, 4) is 17.2 Å². The monoisotopic (exact) mass is 465 g/mol. The van der Waals surface area contributed by atoms with Crippen LogP contribution in [0.15, 0.2) is 17.5 Å². The molecule has 32 heavy (non-hydrogen) atoms. The van der Waals surface area contributed by atoms with Gasteiger partial charge in [0.1, 0.15) is 12.4 Å². The molecule has 9 nitrogen and oxygen atoms in total. The van der Waals surface area contributed by atoms with E-state index >= 15 is 0 Å². The van der Waals surface area contributed by atoms with Gasteiger partial charge in [-0.1, -0.05) is 0 Å². The van der Waals surface area contributed by atoms with Crippen LogP contribution in [-0.4, -0.2) is 68.3 Å². The van der Waals surface area contributed by atoms with Crippen LogP contribution < -0.4 is 19.5 Å². The second kappa shape index (κ2) is 11.7. The van der Waals surface area contributed by atoms with Crippen molar-refractivity contribution in [2.24, 2.45) is 0 Å². The minimum atomic E-state index is -0.530. The van der Waals surface area contributed by atoms with Crippen LogP contribution in [0.5, 0.6) is 17.2 Å². The molecule has 2 rings (SSSR count). The van der Waals surface area contributed by atoms with Crippen LogP contribution in [0.4, 0.5) is 5.13 Å². The van der Waals surface area contributed by atoms with Crippen molar-refractivity contribution in [3.05, 3.63) is 28.8 Å². The fraction of sp³-hybridized carbons (Fsp3) is 0.500. The van der Waals surface area contributed by atoms with Crippen LogP contribution >= 0.6 is 11.3 Å². The molecule has 0 aliphatic heterocycles. The summed E-state index contributed by atoms with van der Waals surface area (Å²) in [6, 6.07) is 3.78. The minimum Gasteiger partial charge on any atom is -0.496 e. The first-order valence-electron chi connectivity index (χ1n) is 10.2. The summed E-state index contributed by atoms with van der Waals surface area (Å²) in [5.74, 6) is 0.156. The Labute approximate surface area is 192 Å². The van der Waals surface area contributed by atoms with E-state index in [1.807, 2.05) is 0 Å². The molecule has 0 aliphatic rings. The number of benzene rings is 1. The van der Waals surface area contributed by atoms with Crippen molar-refractivity contribution in [2.75, 3.05) is 39.8 Å². The predicted octanol–water partition coefficient (Wildman–Crippen LogP) is 3.70. The van der Waals surface area contributed by atoms with Crippen molar-refractivity contribution in [1.82, 2.24) is 9.88 Å². The number of carbonyl (C=O) groups is 2. The van der Waals surface area contributed by atoms with E-state index in [4.69, 9.17) is 18.9 Å². The first kappa shape index (κ1) is 25.4. The number of hydrogen-bond donors (Lipinski definition) is 1. The molecule has 0 radical (unpaired) electrons. The molecule has 176 valence electrons. The predicted molar refractivity (Wildman–Crippen MR) is 123 cm³/mol. The number of esters is 1. The number of ether oxygens (including phenoxy) is 4. The fourth-order valence-electron chi connectivity index (χ4n) is 3.23. The second-order valence-electron chi connectivity index (χ2n) is 7.46. The number of carbonyl (C=O) groups excluding carboxylic acids is 2. The Kier molecular flexibility index (Phi) is 9.27. The Balaban J connectivity index is 2.04. The second-order valence-corrected chi connectivity index (χ2v) is 8.32. The largest absolute Gasteiger partial charge is 0.496 e. The molecule has 1 amide bonds. The molecule has 1 N–H and O–H groups in total. The lowest BCUT2D eigenvalue weighted by atomic mass is 10.1. The lowest BCUT2D eigenvalue weighted by molar-refractivity contribution is 0.0411. The van der Waals surface area contributed by atoms with Crippen LogP contribution in [0.1, 0.15) is 48.5 Å². The third-order valence-corrected chi connectivity index (χ3v) is 5.55. The lowest BCUT2D eigenvalue weighted by Gasteiger charge is -2.30. The Morgan fingerprint density at radius 2 is 1.59 bits per heavy atom. The molecule has 10 heteroatoms. The first-order valence-corrected chi connectivity index (χ1v) is 11.1. The molecule has 0 bridgehead atoms. The van der Waals surface area contributed by atoms with Crippen molar-refractivity contribution in [2.45, 2.75) is 39.8 Å². The highest BCUT2D eigenvalue weighted by atomic mass is 32.1. The molecule has 1 aromatic heterocycles. The molecule has 0 aliphatic carbocycles. The van der Waals surface area contributed by atoms with Gasteiger partial charge in [-0.2, -0.15) is 0 Å². The van der Waals surface area contributed by atoms with E-state index in [9.17, 15) is 9.59 Å². The number of rotatable bonds is 11. The molecule has 1 heterocycles. The summed E-state index contributed by atoms with van der Waals surface area (Å²) in [7, 11) is 4.43. The minimum absolute atomic E-state index is 0.144. The van der Waals surface area contributed by atoms with Crippen LogP contribution in [0.3, 0.4) is 0 Å². The average molecular weight is 466 g/mol. The fourth-order valence-corrected chi connectivity index (χ4v) is 3.90. The van der Waals surface area contributed by atoms with Crippen LogP contribution in [0.2, 0.25) is 0 Å². The van der Waals surface area contributed by atoms with Crippen LogP contribution in [-0.2, 0) is 4.74 Å². The van der Waals surface area contributed by atoms with E-state index in [1.165, 1.54) is 27.4 Å². The SMILES string of the molecule is COc1cc(OC)c(C(=O)Nc2nc(C(=O)OCCN(C(C)C)C(C)C)cs2)cc1OC. The van der Waals surface area contributed by atoms with Gasteiger partial charge in [-0.25, -0.2) is 9.78 Å². The van der Waals surface area contributed by atoms with Gasteiger partial charge < -0.3 is 18.9 Å². The summed E-state index contributed by atoms with van der Waals surface area (Å²) in [6.07, 6.45) is 0. The molecular formula is C22H31N3O6S. The Morgan fingerprint density at radius 3 is 2.16 bits per heavy atom. The number of nitrogens with zero attached hydrogens (tertiary/aromatic N) is 2. The van der Waals surface area contributed by atoms with E-state index in [-0.39, 0.29) is 23.0 Å². The number of thiazole rings is 1. The molecule has 1 aromatic carbocycles. The quantitative estimate of drug-likeness (QED) is 0.502. The molecule has 0 unspecified atom stereocenters. The average Bonchev–Trinajstić information content (AvgIpc) is 3.23. The Bertz CT molecular complexity index is 920. The van der Waals surface area contributed by atoms with Gasteiger partial charge in [0.05, 0.1) is 26.9 Å². The van der Waals surface area contributed by atoms with Gasteiger partial charge in [-0.3, -0.25) is 15.0 Å². The molecule has 2 aromatic rings. The highest BCUT2D eigenvalue weighted by Gasteiger charge is 2.20. The summed E-state index contributed by atoms with van der Waals surface area (Å²) < 4.78 is 21.1. The molecule has 0 atom stereocenters. The highest BCUT2D eigenvalue weighted by Crippen LogP contribution is 2.35. The number of methoxy groups -OCH3 is 3. The molecule has 0 spiro atoms. The lowest BCUT2D eigenvalue weighted by Crippen LogP contribution is -2.39. The molecule has 0 saturated carbocycles. The van der Waals surface area contributed by atoms with Gasteiger partial charge in [-0.15, -0.1) is 11.3 Å². The first-order chi connectivity index (χ1) is 15.2. The van der Waals surface area contributed by atoms with Crippen LogP contribution in [0.25, 0.3) is 0 Å². The summed E-state index contributed by atoms with van der Waals surface area (Å²) in [5, 5.41) is 4.49. The van der Waals surface area contributed by atoms with Gasteiger partial charge in [0.2, 0.25) is 0 Å². The Hall–Kier alpha value is -2.85. The van der Waals surface area contributed by atoms with E-state index in [2.05, 4.69) is 42.9 Å². The summed E-state index contributed by atoms with van der Waals surface area (Å²) in [6.45, 7) is 9.30. The number of nitrogens with one attached hydrogen (secondary N) is 1. The van der Waals surface area contributed by atoms with E-state index < -0.39 is 11.9 Å². The maximum Gasteiger partial charge on any atom is 0.357 e. The topological polar surface area (TPSA) is 99.2 Å². The third-order valence-electron chi connectivity index (χ3n) is 4.79. The van der Waals surface area contributed by atoms with Gasteiger partial charge in [0.15, 0.2) is 22.3 Å². The van der Waals surface area contributed by atoms with E-state index in [0.717, 1.165) is 11.3 Å². The van der Waals surface area contributed by atoms with E-state index in [1.54, 1.807) is 11.4 Å². The maximum absolute atomic E-state index is 12.8. The zero-order valence-corrected chi connectivity index (χ0v) is 20.4. The molecule has 0 saturated heterocycles. The van der Waals surface area contributed by atoms with Gasteiger partial charge >= 0.3 is 5.97 Å². The van der Waals surface area contributed by atoms with Gasteiger partial charge in [0.25, 0.3) is 5.91 Å². The third kappa shape index (κ3) is 6.33. The van der Waals surface area contributed by atoms with Crippen molar-refractivity contribution < 1.29 is 28.5 Å². The van der Waals surface area contributed by atoms with Gasteiger partial charge in [0, 0.05) is 36.1 Å². The standard InChI is InChI=1S/C22H31N3O6S/c1-13(2)25(14(3)4)8-9-31-21(27)16-12-32-22(23-16)24-20(26)15-10-18(29-6)19(30-7)11-17(15)28-5/h10-14H,8-9H2,1-7H3,(H,23,24,26). The van der Waals surface area contributed by atoms with E-state index in [0.29, 0.717) is 35.9 Å². The number of hydrogen-bond acceptors (Lipinski definition) is 9. The summed E-state index contributed by atoms with van der Waals surface area (Å²) in [4.78, 5) is 31.5. The number of amides is 1. The smallest absolute Gasteiger partial charge is 0.357 e. The normalized spacial score (nSPS) is 11.1.